The number of aromatic nitrogens is 1. The first-order chi connectivity index (χ1) is 14.7. The van der Waals surface area contributed by atoms with Crippen LogP contribution < -0.4 is 5.32 Å². The van der Waals surface area contributed by atoms with Crippen molar-refractivity contribution in [1.82, 2.24) is 14.8 Å². The second-order valence-corrected chi connectivity index (χ2v) is 7.63. The molecule has 1 fully saturated rings. The van der Waals surface area contributed by atoms with Crippen LogP contribution in [-0.4, -0.2) is 46.0 Å². The minimum atomic E-state index is -0.550. The van der Waals surface area contributed by atoms with Gasteiger partial charge in [-0.25, -0.2) is 4.79 Å². The van der Waals surface area contributed by atoms with Crippen LogP contribution in [0.15, 0.2) is 42.5 Å². The first kappa shape index (κ1) is 22.5. The number of nitrogens with zero attached hydrogens (tertiary/aromatic N) is 2. The highest BCUT2D eigenvalue weighted by Gasteiger charge is 2.33. The molecule has 0 unspecified atom stereocenters. The predicted molar refractivity (Wildman–Crippen MR) is 122 cm³/mol. The number of benzene rings is 1. The van der Waals surface area contributed by atoms with Gasteiger partial charge in [0.25, 0.3) is 11.8 Å². The maximum Gasteiger partial charge on any atom is 0.339 e. The molecule has 31 heavy (non-hydrogen) atoms. The van der Waals surface area contributed by atoms with Crippen LogP contribution in [0.2, 0.25) is 5.02 Å². The van der Waals surface area contributed by atoms with E-state index in [-0.39, 0.29) is 27.8 Å². The molecule has 2 heterocycles. The number of amides is 2. The summed E-state index contributed by atoms with van der Waals surface area (Å²) in [4.78, 5) is 38.3. The molecule has 3 rings (SSSR count). The van der Waals surface area contributed by atoms with Gasteiger partial charge in [0.1, 0.15) is 5.57 Å². The Morgan fingerprint density at radius 2 is 2.00 bits per heavy atom. The fourth-order valence-electron chi connectivity index (χ4n) is 3.39. The van der Waals surface area contributed by atoms with Gasteiger partial charge in [-0.3, -0.25) is 19.8 Å². The second-order valence-electron chi connectivity index (χ2n) is 6.84. The second kappa shape index (κ2) is 8.87. The average Bonchev–Trinajstić information content (AvgIpc) is 3.00. The zero-order valence-corrected chi connectivity index (χ0v) is 18.8. The molecule has 7 nitrogen and oxygen atoms in total. The van der Waals surface area contributed by atoms with Gasteiger partial charge in [-0.15, -0.1) is 6.58 Å². The lowest BCUT2D eigenvalue weighted by molar-refractivity contribution is -0.128. The van der Waals surface area contributed by atoms with Crippen LogP contribution in [0.5, 0.6) is 0 Å². The summed E-state index contributed by atoms with van der Waals surface area (Å²) in [6.07, 6.45) is 3.08. The van der Waals surface area contributed by atoms with Crippen molar-refractivity contribution in [2.75, 3.05) is 13.7 Å². The lowest BCUT2D eigenvalue weighted by Gasteiger charge is -2.27. The maximum atomic E-state index is 12.8. The molecule has 2 amide bonds. The van der Waals surface area contributed by atoms with Crippen LogP contribution in [0.3, 0.4) is 0 Å². The minimum Gasteiger partial charge on any atom is -0.465 e. The Balaban J connectivity index is 2.04. The average molecular weight is 458 g/mol. The van der Waals surface area contributed by atoms with Gasteiger partial charge in [0, 0.05) is 23.6 Å². The fourth-order valence-corrected chi connectivity index (χ4v) is 3.90. The van der Waals surface area contributed by atoms with Crippen LogP contribution in [0.4, 0.5) is 0 Å². The highest BCUT2D eigenvalue weighted by Crippen LogP contribution is 2.27. The molecule has 1 aromatic heterocycles. The van der Waals surface area contributed by atoms with E-state index in [4.69, 9.17) is 28.6 Å². The molecule has 2 aromatic rings. The summed E-state index contributed by atoms with van der Waals surface area (Å²) in [7, 11) is 1.29. The summed E-state index contributed by atoms with van der Waals surface area (Å²) in [6, 6.07) is 6.85. The Bertz CT molecular complexity index is 1170. The topological polar surface area (TPSA) is 80.6 Å². The summed E-state index contributed by atoms with van der Waals surface area (Å²) < 4.78 is 6.64. The molecule has 0 atom stereocenters. The largest absolute Gasteiger partial charge is 0.465 e. The molecule has 1 N–H and O–H groups in total. The molecule has 0 spiro atoms. The number of methoxy groups -OCH3 is 1. The number of hydrogen-bond acceptors (Lipinski definition) is 5. The van der Waals surface area contributed by atoms with E-state index in [2.05, 4.69) is 11.9 Å². The van der Waals surface area contributed by atoms with Gasteiger partial charge >= 0.3 is 5.97 Å². The summed E-state index contributed by atoms with van der Waals surface area (Å²) in [5.74, 6) is -1.55. The molecule has 0 saturated carbocycles. The van der Waals surface area contributed by atoms with Crippen LogP contribution in [0.1, 0.15) is 27.3 Å². The number of carbonyl (C=O) groups is 3. The van der Waals surface area contributed by atoms with Crippen molar-refractivity contribution in [3.05, 3.63) is 70.0 Å². The SMILES string of the molecule is C=CCN1C(=O)/C(=C/c2cc(C)n(-c3ccc(C(=O)OC)c(Cl)c3)c2C)C(=O)NC1=S. The summed E-state index contributed by atoms with van der Waals surface area (Å²) >= 11 is 11.3. The van der Waals surface area contributed by atoms with E-state index >= 15 is 0 Å². The van der Waals surface area contributed by atoms with Crippen molar-refractivity contribution >= 4 is 52.8 Å². The number of rotatable bonds is 5. The number of esters is 1. The fraction of sp³-hybridized carbons (Fsp3) is 0.182. The molecule has 0 aliphatic carbocycles. The van der Waals surface area contributed by atoms with E-state index in [9.17, 15) is 14.4 Å². The van der Waals surface area contributed by atoms with E-state index in [0.717, 1.165) is 17.1 Å². The number of ether oxygens (including phenoxy) is 1. The third-order valence-corrected chi connectivity index (χ3v) is 5.52. The molecule has 9 heteroatoms. The molecule has 160 valence electrons. The van der Waals surface area contributed by atoms with E-state index in [1.807, 2.05) is 24.5 Å². The molecular formula is C22H20ClN3O4S. The standard InChI is InChI=1S/C22H20ClN3O4S/c1-5-8-25-20(28)17(19(27)24-22(25)31)10-14-9-12(2)26(13(14)3)15-6-7-16(18(23)11-15)21(29)30-4/h5-7,9-11H,1,8H2,2-4H3,(H,24,27,31)/b17-10+. The lowest BCUT2D eigenvalue weighted by atomic mass is 10.1. The van der Waals surface area contributed by atoms with Crippen LogP contribution >= 0.6 is 23.8 Å². The van der Waals surface area contributed by atoms with E-state index in [0.29, 0.717) is 5.56 Å². The number of nitrogens with one attached hydrogen (secondary N) is 1. The van der Waals surface area contributed by atoms with Crippen molar-refractivity contribution in [2.24, 2.45) is 0 Å². The van der Waals surface area contributed by atoms with Crippen LogP contribution in [0, 0.1) is 13.8 Å². The minimum absolute atomic E-state index is 0.0187. The molecule has 1 saturated heterocycles. The summed E-state index contributed by atoms with van der Waals surface area (Å²) in [5.41, 5.74) is 3.31. The van der Waals surface area contributed by atoms with Crippen molar-refractivity contribution in [2.45, 2.75) is 13.8 Å². The molecule has 0 radical (unpaired) electrons. The van der Waals surface area contributed by atoms with Gasteiger partial charge in [0.05, 0.1) is 17.7 Å². The first-order valence-electron chi connectivity index (χ1n) is 9.26. The maximum absolute atomic E-state index is 12.8. The third-order valence-electron chi connectivity index (χ3n) is 4.88. The summed E-state index contributed by atoms with van der Waals surface area (Å²) in [6.45, 7) is 7.56. The van der Waals surface area contributed by atoms with Crippen molar-refractivity contribution in [1.29, 1.82) is 0 Å². The van der Waals surface area contributed by atoms with Gasteiger partial charge in [-0.2, -0.15) is 0 Å². The summed E-state index contributed by atoms with van der Waals surface area (Å²) in [5, 5.41) is 2.84. The zero-order valence-electron chi connectivity index (χ0n) is 17.2. The number of carbonyl (C=O) groups excluding carboxylic acids is 3. The Labute approximate surface area is 189 Å². The Morgan fingerprint density at radius 3 is 2.61 bits per heavy atom. The number of halogens is 1. The Kier molecular flexibility index (Phi) is 6.42. The van der Waals surface area contributed by atoms with Gasteiger partial charge in [-0.05, 0) is 62.0 Å². The molecule has 1 aliphatic rings. The normalized spacial score (nSPS) is 15.3. The monoisotopic (exact) mass is 457 g/mol. The smallest absolute Gasteiger partial charge is 0.339 e. The van der Waals surface area contributed by atoms with E-state index in [1.165, 1.54) is 18.1 Å². The van der Waals surface area contributed by atoms with Gasteiger partial charge in [-0.1, -0.05) is 17.7 Å². The van der Waals surface area contributed by atoms with Crippen molar-refractivity contribution in [3.8, 4) is 5.69 Å². The number of hydrogen-bond donors (Lipinski definition) is 1. The molecule has 1 aromatic carbocycles. The first-order valence-corrected chi connectivity index (χ1v) is 10.0. The Hall–Kier alpha value is -3.23. The lowest BCUT2D eigenvalue weighted by Crippen LogP contribution is -2.53. The van der Waals surface area contributed by atoms with Crippen LogP contribution in [0.25, 0.3) is 11.8 Å². The predicted octanol–water partition coefficient (Wildman–Crippen LogP) is 3.35. The highest BCUT2D eigenvalue weighted by atomic mass is 35.5. The number of aryl methyl sites for hydroxylation is 1. The number of thiocarbonyl (C=S) groups is 1. The van der Waals surface area contributed by atoms with E-state index < -0.39 is 17.8 Å². The van der Waals surface area contributed by atoms with Crippen molar-refractivity contribution < 1.29 is 19.1 Å². The van der Waals surface area contributed by atoms with Gasteiger partial charge in [0.15, 0.2) is 5.11 Å². The quantitative estimate of drug-likeness (QED) is 0.245. The van der Waals surface area contributed by atoms with Crippen molar-refractivity contribution in [3.63, 3.8) is 0 Å². The van der Waals surface area contributed by atoms with Crippen LogP contribution in [-0.2, 0) is 14.3 Å². The Morgan fingerprint density at radius 1 is 1.29 bits per heavy atom. The molecule has 1 aliphatic heterocycles. The highest BCUT2D eigenvalue weighted by molar-refractivity contribution is 7.80. The zero-order chi connectivity index (χ0) is 22.9. The van der Waals surface area contributed by atoms with E-state index in [1.54, 1.807) is 24.3 Å². The molecule has 0 bridgehead atoms. The van der Waals surface area contributed by atoms with Gasteiger partial charge in [0.2, 0.25) is 0 Å². The third kappa shape index (κ3) is 4.17. The molecular weight excluding hydrogens is 438 g/mol. The van der Waals surface area contributed by atoms with Gasteiger partial charge < -0.3 is 9.30 Å².